The average molecular weight is 560 g/mol. The SMILES string of the molecule is CC(C)(C)OC(=O)N1CC[C@]2(C1)C[C@H](n1nc(-c3cnn(Cc4cccc(C(F)(F)F)c4F)c3)c(C#N)c1N)C2. The summed E-state index contributed by atoms with van der Waals surface area (Å²) in [5.41, 5.74) is 5.04. The Hall–Kier alpha value is -4.08. The van der Waals surface area contributed by atoms with Crippen LogP contribution in [-0.4, -0.2) is 49.2 Å². The van der Waals surface area contributed by atoms with Crippen LogP contribution in [0.15, 0.2) is 30.6 Å². The minimum Gasteiger partial charge on any atom is -0.444 e. The fourth-order valence-corrected chi connectivity index (χ4v) is 5.57. The van der Waals surface area contributed by atoms with Crippen LogP contribution in [0.1, 0.15) is 62.8 Å². The summed E-state index contributed by atoms with van der Waals surface area (Å²) in [5, 5.41) is 18.5. The van der Waals surface area contributed by atoms with Crippen LogP contribution in [0.25, 0.3) is 11.3 Å². The van der Waals surface area contributed by atoms with E-state index in [1.165, 1.54) is 23.1 Å². The highest BCUT2D eigenvalue weighted by atomic mass is 19.4. The van der Waals surface area contributed by atoms with Crippen LogP contribution in [0.2, 0.25) is 0 Å². The molecule has 0 radical (unpaired) electrons. The maximum Gasteiger partial charge on any atom is 0.419 e. The van der Waals surface area contributed by atoms with Gasteiger partial charge in [-0.2, -0.15) is 28.6 Å². The molecule has 1 spiro atoms. The van der Waals surface area contributed by atoms with Crippen LogP contribution < -0.4 is 5.73 Å². The van der Waals surface area contributed by atoms with Gasteiger partial charge in [0.2, 0.25) is 0 Å². The number of carbonyl (C=O) groups excluding carboxylic acids is 1. The summed E-state index contributed by atoms with van der Waals surface area (Å²) in [4.78, 5) is 14.2. The number of nitriles is 1. The van der Waals surface area contributed by atoms with E-state index in [0.717, 1.165) is 25.3 Å². The van der Waals surface area contributed by atoms with Gasteiger partial charge in [0, 0.05) is 30.4 Å². The van der Waals surface area contributed by atoms with Crippen molar-refractivity contribution >= 4 is 11.9 Å². The topological polar surface area (TPSA) is 115 Å². The van der Waals surface area contributed by atoms with Gasteiger partial charge in [0.05, 0.1) is 24.3 Å². The molecule has 212 valence electrons. The van der Waals surface area contributed by atoms with Gasteiger partial charge in [-0.1, -0.05) is 12.1 Å². The Balaban J connectivity index is 1.31. The zero-order valence-corrected chi connectivity index (χ0v) is 22.3. The van der Waals surface area contributed by atoms with E-state index in [0.29, 0.717) is 30.4 Å². The maximum absolute atomic E-state index is 14.5. The molecule has 1 aliphatic heterocycles. The van der Waals surface area contributed by atoms with Crippen molar-refractivity contribution in [3.63, 3.8) is 0 Å². The lowest BCUT2D eigenvalue weighted by Gasteiger charge is -2.45. The summed E-state index contributed by atoms with van der Waals surface area (Å²) in [5.74, 6) is -1.15. The van der Waals surface area contributed by atoms with E-state index < -0.39 is 23.2 Å². The fraction of sp³-hybridized carbons (Fsp3) is 0.481. The van der Waals surface area contributed by atoms with Gasteiger partial charge < -0.3 is 15.4 Å². The Morgan fingerprint density at radius 1 is 1.27 bits per heavy atom. The Kier molecular flexibility index (Phi) is 6.55. The molecule has 0 atom stereocenters. The first kappa shape index (κ1) is 27.5. The summed E-state index contributed by atoms with van der Waals surface area (Å²) in [6, 6.07) is 5.11. The number of nitrogens with zero attached hydrogens (tertiary/aromatic N) is 6. The summed E-state index contributed by atoms with van der Waals surface area (Å²) in [7, 11) is 0. The van der Waals surface area contributed by atoms with Gasteiger partial charge in [0.1, 0.15) is 34.6 Å². The first-order valence-corrected chi connectivity index (χ1v) is 12.8. The fourth-order valence-electron chi connectivity index (χ4n) is 5.57. The average Bonchev–Trinajstić information content (AvgIpc) is 3.55. The van der Waals surface area contributed by atoms with Gasteiger partial charge in [-0.3, -0.25) is 4.68 Å². The lowest BCUT2D eigenvalue weighted by Crippen LogP contribution is -2.43. The minimum absolute atomic E-state index is 0.0614. The quantitative estimate of drug-likeness (QED) is 0.430. The van der Waals surface area contributed by atoms with Crippen molar-refractivity contribution in [3.05, 3.63) is 53.1 Å². The Labute approximate surface area is 228 Å². The smallest absolute Gasteiger partial charge is 0.419 e. The van der Waals surface area contributed by atoms with E-state index >= 15 is 0 Å². The summed E-state index contributed by atoms with van der Waals surface area (Å²) in [6.07, 6.45) is 0.0608. The molecule has 1 saturated heterocycles. The monoisotopic (exact) mass is 559 g/mol. The van der Waals surface area contributed by atoms with E-state index in [1.54, 1.807) is 9.58 Å². The molecule has 13 heteroatoms. The number of carbonyl (C=O) groups is 1. The zero-order valence-electron chi connectivity index (χ0n) is 22.3. The number of nitrogen functional groups attached to an aromatic ring is 1. The third kappa shape index (κ3) is 5.10. The molecular formula is C27H29F4N7O2. The molecule has 1 saturated carbocycles. The van der Waals surface area contributed by atoms with Crippen molar-refractivity contribution in [2.75, 3.05) is 18.8 Å². The standard InChI is InChI=1S/C27H29F4N7O2/c1-25(2,3)40-24(39)36-8-7-26(15-36)9-18(10-26)38-23(33)19(11-32)22(35-38)17-12-34-37(14-17)13-16-5-4-6-20(21(16)28)27(29,30)31/h4-6,12,14,18H,7-10,13,15,33H2,1-3H3/t18-,26-. The molecule has 0 unspecified atom stereocenters. The molecule has 3 aromatic rings. The van der Waals surface area contributed by atoms with E-state index in [2.05, 4.69) is 16.3 Å². The van der Waals surface area contributed by atoms with Gasteiger partial charge in [-0.15, -0.1) is 0 Å². The van der Waals surface area contributed by atoms with E-state index in [-0.39, 0.29) is 41.0 Å². The number of halogens is 4. The summed E-state index contributed by atoms with van der Waals surface area (Å²) < 4.78 is 62.2. The predicted octanol–water partition coefficient (Wildman–Crippen LogP) is 5.37. The number of hydrogen-bond acceptors (Lipinski definition) is 6. The second-order valence-corrected chi connectivity index (χ2v) is 11.6. The maximum atomic E-state index is 14.5. The number of alkyl halides is 3. The number of ether oxygens (including phenoxy) is 1. The largest absolute Gasteiger partial charge is 0.444 e. The number of nitrogens with two attached hydrogens (primary N) is 1. The number of amides is 1. The molecule has 2 aromatic heterocycles. The van der Waals surface area contributed by atoms with Crippen LogP contribution in [0.3, 0.4) is 0 Å². The molecule has 1 aromatic carbocycles. The lowest BCUT2D eigenvalue weighted by atomic mass is 9.65. The van der Waals surface area contributed by atoms with Crippen LogP contribution in [0.5, 0.6) is 0 Å². The predicted molar refractivity (Wildman–Crippen MR) is 136 cm³/mol. The molecule has 40 heavy (non-hydrogen) atoms. The normalized spacial score (nSPS) is 20.9. The number of aromatic nitrogens is 4. The van der Waals surface area contributed by atoms with Crippen molar-refractivity contribution in [2.24, 2.45) is 5.41 Å². The molecule has 2 aliphatic rings. The van der Waals surface area contributed by atoms with Crippen LogP contribution >= 0.6 is 0 Å². The second kappa shape index (κ2) is 9.53. The van der Waals surface area contributed by atoms with Gasteiger partial charge in [0.25, 0.3) is 0 Å². The highest BCUT2D eigenvalue weighted by Crippen LogP contribution is 2.55. The van der Waals surface area contributed by atoms with Gasteiger partial charge in [0.15, 0.2) is 0 Å². The number of hydrogen-bond donors (Lipinski definition) is 1. The number of rotatable bonds is 4. The second-order valence-electron chi connectivity index (χ2n) is 11.6. The first-order valence-electron chi connectivity index (χ1n) is 12.8. The van der Waals surface area contributed by atoms with Gasteiger partial charge in [-0.25, -0.2) is 13.9 Å². The molecule has 3 heterocycles. The number of benzene rings is 1. The van der Waals surface area contributed by atoms with Crippen LogP contribution in [-0.2, 0) is 17.5 Å². The third-order valence-corrected chi connectivity index (χ3v) is 7.46. The minimum atomic E-state index is -4.81. The molecule has 5 rings (SSSR count). The highest BCUT2D eigenvalue weighted by Gasteiger charge is 2.51. The third-order valence-electron chi connectivity index (χ3n) is 7.46. The molecule has 9 nitrogen and oxygen atoms in total. The Morgan fingerprint density at radius 2 is 2.00 bits per heavy atom. The van der Waals surface area contributed by atoms with Crippen molar-refractivity contribution < 1.29 is 27.1 Å². The Bertz CT molecular complexity index is 1490. The lowest BCUT2D eigenvalue weighted by molar-refractivity contribution is -0.140. The Morgan fingerprint density at radius 3 is 2.65 bits per heavy atom. The number of likely N-dealkylation sites (tertiary alicyclic amines) is 1. The molecule has 1 aliphatic carbocycles. The first-order chi connectivity index (χ1) is 18.7. The highest BCUT2D eigenvalue weighted by molar-refractivity contribution is 5.72. The van der Waals surface area contributed by atoms with Crippen LogP contribution in [0, 0.1) is 22.6 Å². The van der Waals surface area contributed by atoms with E-state index in [9.17, 15) is 27.6 Å². The molecule has 1 amide bonds. The van der Waals surface area contributed by atoms with Crippen molar-refractivity contribution in [1.82, 2.24) is 24.5 Å². The summed E-state index contributed by atoms with van der Waals surface area (Å²) >= 11 is 0. The van der Waals surface area contributed by atoms with Gasteiger partial charge in [-0.05, 0) is 51.5 Å². The van der Waals surface area contributed by atoms with Crippen molar-refractivity contribution in [2.45, 2.75) is 64.4 Å². The van der Waals surface area contributed by atoms with E-state index in [1.807, 2.05) is 20.8 Å². The van der Waals surface area contributed by atoms with Crippen molar-refractivity contribution in [1.29, 1.82) is 5.26 Å². The van der Waals surface area contributed by atoms with Crippen molar-refractivity contribution in [3.8, 4) is 17.3 Å². The number of anilines is 1. The van der Waals surface area contributed by atoms with Crippen LogP contribution in [0.4, 0.5) is 28.2 Å². The summed E-state index contributed by atoms with van der Waals surface area (Å²) in [6.45, 7) is 6.43. The zero-order chi connectivity index (χ0) is 29.0. The molecule has 0 bridgehead atoms. The molecule has 2 N–H and O–H groups in total. The van der Waals surface area contributed by atoms with Gasteiger partial charge >= 0.3 is 12.3 Å². The molecule has 2 fully saturated rings. The molecular weight excluding hydrogens is 530 g/mol. The van der Waals surface area contributed by atoms with E-state index in [4.69, 9.17) is 10.5 Å².